The Kier molecular flexibility index (Phi) is 36.1. The molecule has 0 fully saturated rings. The van der Waals surface area contributed by atoms with Gasteiger partial charge in [-0.25, -0.2) is 43.9 Å². The first-order valence-corrected chi connectivity index (χ1v) is 44.2. The molecular weight excluding hydrogens is 1830 g/mol. The SMILES string of the molecule is CO[C@H](CO)[C@@H](Cc1ccccn1)NC(=O)c1cccc(F)c1C1=NCC(c2ccc(F)cc2)=C1F.CO[C@H](CO)[C@@H](Cc1ccccn1)NC(=O)c1ccccc1C1=NCC(c2ccc(Cl)cc2)=C1F.O=C(N[C@H](Cc1ccccn1)[C@@H](F)CO)c1cccc(F)c1C1=NCC(c2ccc(F)cc2)=C1.O=C(N[C@H](Cc1ccccn1)[C@H](F)CO)c1cccc(F)c1C1=NCC(c2ccc(F)cc2)=C1. The Morgan fingerprint density at radius 3 is 1.03 bits per heavy atom. The second kappa shape index (κ2) is 49.3. The first-order chi connectivity index (χ1) is 67.3. The first kappa shape index (κ1) is 102. The lowest BCUT2D eigenvalue weighted by Crippen LogP contribution is -2.47. The number of aromatic nitrogens is 4. The third-order valence-corrected chi connectivity index (χ3v) is 23.2. The fourth-order valence-electron chi connectivity index (χ4n) is 15.7. The van der Waals surface area contributed by atoms with Crippen LogP contribution in [0.15, 0.2) is 317 Å². The Morgan fingerprint density at radius 2 is 0.662 bits per heavy atom. The molecule has 22 nitrogen and oxygen atoms in total. The summed E-state index contributed by atoms with van der Waals surface area (Å²) in [6.07, 6.45) is 5.47. The van der Waals surface area contributed by atoms with Crippen molar-refractivity contribution < 1.29 is 93.0 Å². The van der Waals surface area contributed by atoms with Crippen molar-refractivity contribution in [1.29, 1.82) is 0 Å². The van der Waals surface area contributed by atoms with E-state index in [1.165, 1.54) is 111 Å². The van der Waals surface area contributed by atoms with Crippen LogP contribution in [-0.2, 0) is 35.2 Å². The second-order valence-electron chi connectivity index (χ2n) is 31.9. The number of amides is 4. The fourth-order valence-corrected chi connectivity index (χ4v) is 15.8. The van der Waals surface area contributed by atoms with Crippen LogP contribution in [0.5, 0.6) is 0 Å². The van der Waals surface area contributed by atoms with Crippen molar-refractivity contribution >= 4 is 80.4 Å². The molecule has 12 aromatic rings. The van der Waals surface area contributed by atoms with Gasteiger partial charge in [-0.15, -0.1) is 0 Å². The van der Waals surface area contributed by atoms with Gasteiger partial charge in [0.15, 0.2) is 11.7 Å². The van der Waals surface area contributed by atoms with E-state index in [4.69, 9.17) is 21.1 Å². The molecule has 33 heteroatoms. The number of carbonyl (C=O) groups excluding carboxylic acids is 4. The molecule has 4 amide bonds. The van der Waals surface area contributed by atoms with Crippen LogP contribution in [-0.4, -0.2) is 202 Å². The minimum atomic E-state index is -1.74. The number of ether oxygens (including phenoxy) is 2. The summed E-state index contributed by atoms with van der Waals surface area (Å²) in [5.74, 6) is -7.08. The van der Waals surface area contributed by atoms with Gasteiger partial charge in [-0.05, 0) is 185 Å². The van der Waals surface area contributed by atoms with E-state index >= 15 is 13.2 Å². The number of carbonyl (C=O) groups is 4. The molecule has 139 heavy (non-hydrogen) atoms. The summed E-state index contributed by atoms with van der Waals surface area (Å²) < 4.78 is 155. The summed E-state index contributed by atoms with van der Waals surface area (Å²) in [7, 11) is 2.87. The van der Waals surface area contributed by atoms with E-state index in [0.717, 1.165) is 34.0 Å². The number of aliphatic imine (C=N–C) groups is 4. The molecule has 0 saturated carbocycles. The highest BCUT2D eigenvalue weighted by molar-refractivity contribution is 6.30. The van der Waals surface area contributed by atoms with E-state index in [9.17, 15) is 70.3 Å². The number of benzene rings is 8. The number of pyridine rings is 4. The highest BCUT2D eigenvalue weighted by Gasteiger charge is 2.36. The second-order valence-corrected chi connectivity index (χ2v) is 32.4. The van der Waals surface area contributed by atoms with Crippen LogP contribution in [0.3, 0.4) is 0 Å². The van der Waals surface area contributed by atoms with Crippen LogP contribution in [0.25, 0.3) is 22.3 Å². The van der Waals surface area contributed by atoms with E-state index in [1.54, 1.807) is 170 Å². The number of nitrogens with one attached hydrogen (secondary N) is 4. The van der Waals surface area contributed by atoms with Gasteiger partial charge in [-0.2, -0.15) is 0 Å². The number of methoxy groups -OCH3 is 2. The van der Waals surface area contributed by atoms with Gasteiger partial charge in [0.05, 0.1) is 110 Å². The van der Waals surface area contributed by atoms with E-state index in [-0.39, 0.29) is 138 Å². The van der Waals surface area contributed by atoms with Crippen LogP contribution in [0.1, 0.15) is 109 Å². The van der Waals surface area contributed by atoms with E-state index in [2.05, 4.69) is 61.2 Å². The third kappa shape index (κ3) is 26.3. The smallest absolute Gasteiger partial charge is 0.252 e. The van der Waals surface area contributed by atoms with Gasteiger partial charge in [0.1, 0.15) is 70.9 Å². The van der Waals surface area contributed by atoms with Gasteiger partial charge in [0, 0.05) is 126 Å². The molecule has 0 radical (unpaired) electrons. The molecule has 8 atom stereocenters. The number of hydrogen-bond acceptors (Lipinski definition) is 18. The van der Waals surface area contributed by atoms with Gasteiger partial charge >= 0.3 is 0 Å². The maximum atomic E-state index is 15.5. The normalized spacial score (nSPS) is 14.9. The molecular formula is C106H93ClF10N12O10. The minimum absolute atomic E-state index is 0.00638. The van der Waals surface area contributed by atoms with Gasteiger partial charge < -0.3 is 51.2 Å². The highest BCUT2D eigenvalue weighted by Crippen LogP contribution is 2.36. The van der Waals surface area contributed by atoms with E-state index in [0.29, 0.717) is 50.8 Å². The Labute approximate surface area is 798 Å². The largest absolute Gasteiger partial charge is 0.394 e. The zero-order chi connectivity index (χ0) is 98.6. The van der Waals surface area contributed by atoms with Crippen molar-refractivity contribution in [3.63, 3.8) is 0 Å². The van der Waals surface area contributed by atoms with E-state index < -0.39 is 120 Å². The lowest BCUT2D eigenvalue weighted by atomic mass is 9.97. The quantitative estimate of drug-likeness (QED) is 0.0174. The number of aliphatic hydroxyl groups excluding tert-OH is 4. The number of rotatable bonds is 34. The Balaban J connectivity index is 0.000000156. The number of nitrogens with zero attached hydrogens (tertiary/aromatic N) is 8. The predicted molar refractivity (Wildman–Crippen MR) is 510 cm³/mol. The third-order valence-electron chi connectivity index (χ3n) is 22.9. The zero-order valence-corrected chi connectivity index (χ0v) is 75.5. The summed E-state index contributed by atoms with van der Waals surface area (Å²) >= 11 is 5.96. The molecule has 8 N–H and O–H groups in total. The van der Waals surface area contributed by atoms with Crippen LogP contribution < -0.4 is 21.3 Å². The standard InChI is InChI=1S/C27H25ClFN3O3.C27H24F3N3O3.2C26H22F3N3O2/c1-35-24(16-33)23(14-19-6-4-5-13-30-19)32-27(34)21-8-3-2-7-20(21)26-25(29)22(15-31-26)17-9-11-18(28)12-10-17;1-36-23(15-34)22(13-18-5-2-3-12-31-18)33-27(35)19-6-4-7-21(29)24(19)26-25(30)20(14-32-26)16-8-10-17(28)11-9-16;2*27-18-9-7-16(8-10-18)17-12-24(31-14-17)25-20(5-3-6-21(25)28)26(34)32-23(22(29)15-33)13-19-4-1-2-11-30-19/h2-13,23-24,33H,14-16H2,1H3,(H,32,34);2-12,22-23,34H,13-15H2,1H3,(H,33,35);2*1-12,22-23,33H,13-15H2,(H,32,34)/t23-,24-;22-,23-;22-,23+;22-,23-/m1101/s1. The van der Waals surface area contributed by atoms with Crippen molar-refractivity contribution in [3.05, 3.63) is 427 Å². The van der Waals surface area contributed by atoms with Crippen molar-refractivity contribution in [1.82, 2.24) is 41.2 Å². The average molecular weight is 1920 g/mol. The average Bonchev–Trinajstić information content (AvgIpc) is 1.63. The first-order valence-electron chi connectivity index (χ1n) is 43.8. The van der Waals surface area contributed by atoms with Crippen LogP contribution in [0.4, 0.5) is 43.9 Å². The van der Waals surface area contributed by atoms with Crippen molar-refractivity contribution in [2.24, 2.45) is 20.0 Å². The van der Waals surface area contributed by atoms with Crippen LogP contribution in [0.2, 0.25) is 5.02 Å². The summed E-state index contributed by atoms with van der Waals surface area (Å²) in [5, 5.41) is 49.7. The van der Waals surface area contributed by atoms with Crippen LogP contribution >= 0.6 is 11.6 Å². The lowest BCUT2D eigenvalue weighted by Gasteiger charge is -2.26. The Hall–Kier alpha value is -14.8. The monoisotopic (exact) mass is 1920 g/mol. The van der Waals surface area contributed by atoms with Gasteiger partial charge in [-0.3, -0.25) is 59.1 Å². The molecule has 0 unspecified atom stereocenters. The number of allylic oxidation sites excluding steroid dienone is 4. The topological polar surface area (TPSA) is 317 Å². The summed E-state index contributed by atoms with van der Waals surface area (Å²) in [4.78, 5) is 87.1. The molecule has 8 aromatic carbocycles. The predicted octanol–water partition coefficient (Wildman–Crippen LogP) is 16.0. The Bertz CT molecular complexity index is 6370. The molecule has 4 aromatic heterocycles. The van der Waals surface area contributed by atoms with Crippen LogP contribution in [0, 0.1) is 34.9 Å². The number of aliphatic hydroxyl groups is 4. The van der Waals surface area contributed by atoms with Gasteiger partial charge in [-0.1, -0.05) is 121 Å². The molecule has 0 saturated heterocycles. The van der Waals surface area contributed by atoms with Crippen molar-refractivity contribution in [3.8, 4) is 0 Å². The molecule has 8 heterocycles. The van der Waals surface area contributed by atoms with Gasteiger partial charge in [0.25, 0.3) is 23.6 Å². The molecule has 0 aliphatic carbocycles. The molecule has 0 bridgehead atoms. The number of hydrogen-bond donors (Lipinski definition) is 8. The van der Waals surface area contributed by atoms with Crippen molar-refractivity contribution in [2.75, 3.05) is 66.8 Å². The van der Waals surface area contributed by atoms with Crippen molar-refractivity contribution in [2.45, 2.75) is 74.4 Å². The fraction of sp³-hybridized carbons (Fsp3) is 0.208. The molecule has 4 aliphatic heterocycles. The Morgan fingerprint density at radius 1 is 0.345 bits per heavy atom. The molecule has 4 aliphatic rings. The molecule has 0 spiro atoms. The highest BCUT2D eigenvalue weighted by atomic mass is 35.5. The number of halogens is 11. The summed E-state index contributed by atoms with van der Waals surface area (Å²) in [6, 6.07) is 60.2. The maximum absolute atomic E-state index is 15.5. The lowest BCUT2D eigenvalue weighted by molar-refractivity contribution is 0.0213. The zero-order valence-electron chi connectivity index (χ0n) is 74.7. The minimum Gasteiger partial charge on any atom is -0.394 e. The van der Waals surface area contributed by atoms with E-state index in [1.807, 2.05) is 12.1 Å². The summed E-state index contributed by atoms with van der Waals surface area (Å²) in [6.45, 7) is -1.67. The summed E-state index contributed by atoms with van der Waals surface area (Å²) in [5.41, 5.74) is 7.77. The number of alkyl halides is 2. The molecule has 16 rings (SSSR count). The van der Waals surface area contributed by atoms with Gasteiger partial charge in [0.2, 0.25) is 0 Å². The maximum Gasteiger partial charge on any atom is 0.252 e. The molecule has 714 valence electrons.